The maximum absolute atomic E-state index is 12.9. The number of pyridine rings is 1. The Bertz CT molecular complexity index is 1380. The number of carbonyl (C=O) groups is 1. The molecule has 2 atom stereocenters. The molecule has 4 aromatic rings. The highest BCUT2D eigenvalue weighted by Gasteiger charge is 2.49. The molecular formula is C27H25N5O. The van der Waals surface area contributed by atoms with Gasteiger partial charge in [-0.3, -0.25) is 9.48 Å². The fourth-order valence-corrected chi connectivity index (χ4v) is 5.41. The van der Waals surface area contributed by atoms with Crippen LogP contribution in [0.4, 0.5) is 5.82 Å². The zero-order chi connectivity index (χ0) is 22.7. The van der Waals surface area contributed by atoms with E-state index in [0.29, 0.717) is 29.8 Å². The summed E-state index contributed by atoms with van der Waals surface area (Å²) in [4.78, 5) is 17.2. The fraction of sp³-hybridized carbons (Fsp3) is 0.222. The number of hydrogen-bond acceptors (Lipinski definition) is 4. The molecule has 0 saturated heterocycles. The molecular weight excluding hydrogens is 410 g/mol. The van der Waals surface area contributed by atoms with Crippen LogP contribution in [-0.4, -0.2) is 20.7 Å². The van der Waals surface area contributed by atoms with Crippen molar-refractivity contribution in [2.24, 2.45) is 0 Å². The van der Waals surface area contributed by atoms with E-state index in [-0.39, 0.29) is 5.91 Å². The second-order valence-corrected chi connectivity index (χ2v) is 9.08. The number of aromatic nitrogens is 3. The van der Waals surface area contributed by atoms with Gasteiger partial charge in [0.15, 0.2) is 0 Å². The third kappa shape index (κ3) is 3.13. The lowest BCUT2D eigenvalue weighted by atomic mass is 9.52. The van der Waals surface area contributed by atoms with Crippen molar-refractivity contribution < 1.29 is 4.79 Å². The Morgan fingerprint density at radius 2 is 1.79 bits per heavy atom. The summed E-state index contributed by atoms with van der Waals surface area (Å²) < 4.78 is 1.94. The van der Waals surface area contributed by atoms with E-state index in [4.69, 9.17) is 5.73 Å². The molecule has 3 N–H and O–H groups in total. The van der Waals surface area contributed by atoms with Crippen molar-refractivity contribution in [1.29, 1.82) is 0 Å². The number of hydrogen-bond donors (Lipinski definition) is 2. The predicted molar refractivity (Wildman–Crippen MR) is 127 cm³/mol. The van der Waals surface area contributed by atoms with Crippen LogP contribution >= 0.6 is 0 Å². The quantitative estimate of drug-likeness (QED) is 0.495. The normalized spacial score (nSPS) is 17.3. The van der Waals surface area contributed by atoms with Gasteiger partial charge in [0.25, 0.3) is 5.91 Å². The van der Waals surface area contributed by atoms with Crippen molar-refractivity contribution in [3.8, 4) is 0 Å². The molecule has 1 unspecified atom stereocenters. The molecule has 0 radical (unpaired) electrons. The first-order chi connectivity index (χ1) is 16.0. The van der Waals surface area contributed by atoms with Gasteiger partial charge in [-0.25, -0.2) is 4.98 Å². The van der Waals surface area contributed by atoms with Crippen LogP contribution in [0.1, 0.15) is 66.8 Å². The Kier molecular flexibility index (Phi) is 4.37. The van der Waals surface area contributed by atoms with Gasteiger partial charge in [0.1, 0.15) is 5.82 Å². The summed E-state index contributed by atoms with van der Waals surface area (Å²) in [7, 11) is 0. The largest absolute Gasteiger partial charge is 0.384 e. The van der Waals surface area contributed by atoms with E-state index in [1.54, 1.807) is 6.20 Å². The number of fused-ring (bicyclic) bond motifs is 7. The summed E-state index contributed by atoms with van der Waals surface area (Å²) in [5.74, 6) is 1.30. The molecule has 0 fully saturated rings. The molecule has 2 aliphatic carbocycles. The second-order valence-electron chi connectivity index (χ2n) is 9.08. The zero-order valence-corrected chi connectivity index (χ0v) is 18.7. The van der Waals surface area contributed by atoms with Gasteiger partial charge in [0.2, 0.25) is 0 Å². The van der Waals surface area contributed by atoms with Crippen LogP contribution in [0.25, 0.3) is 0 Å². The average Bonchev–Trinajstić information content (AvgIpc) is 3.26. The molecule has 0 bridgehead atoms. The summed E-state index contributed by atoms with van der Waals surface area (Å²) in [5.41, 5.74) is 16.1. The van der Waals surface area contributed by atoms with E-state index >= 15 is 0 Å². The first-order valence-electron chi connectivity index (χ1n) is 11.2. The molecule has 0 aliphatic heterocycles. The van der Waals surface area contributed by atoms with Crippen LogP contribution in [0.5, 0.6) is 0 Å². The first kappa shape index (κ1) is 19.7. The van der Waals surface area contributed by atoms with Gasteiger partial charge >= 0.3 is 0 Å². The van der Waals surface area contributed by atoms with E-state index in [2.05, 4.69) is 45.7 Å². The Labute approximate surface area is 192 Å². The summed E-state index contributed by atoms with van der Waals surface area (Å²) in [6, 6.07) is 16.7. The van der Waals surface area contributed by atoms with Crippen molar-refractivity contribution in [3.05, 3.63) is 111 Å². The maximum Gasteiger partial charge on any atom is 0.251 e. The lowest BCUT2D eigenvalue weighted by Gasteiger charge is -2.50. The van der Waals surface area contributed by atoms with Gasteiger partial charge < -0.3 is 11.1 Å². The maximum atomic E-state index is 12.9. The lowest BCUT2D eigenvalue weighted by molar-refractivity contribution is 0.0950. The summed E-state index contributed by atoms with van der Waals surface area (Å²) in [6.45, 7) is 5.12. The van der Waals surface area contributed by atoms with Crippen LogP contribution in [0.2, 0.25) is 0 Å². The minimum atomic E-state index is -0.0659. The smallest absolute Gasteiger partial charge is 0.251 e. The Balaban J connectivity index is 1.19. The number of nitrogens with one attached hydrogen (secondary N) is 1. The number of nitrogens with zero attached hydrogens (tertiary/aromatic N) is 3. The molecule has 2 aromatic heterocycles. The van der Waals surface area contributed by atoms with Crippen LogP contribution in [0.15, 0.2) is 60.9 Å². The Morgan fingerprint density at radius 3 is 2.55 bits per heavy atom. The number of aryl methyl sites for hydroxylation is 2. The van der Waals surface area contributed by atoms with Gasteiger partial charge in [-0.1, -0.05) is 24.3 Å². The predicted octanol–water partition coefficient (Wildman–Crippen LogP) is 4.05. The number of nitrogens with two attached hydrogens (primary N) is 1. The summed E-state index contributed by atoms with van der Waals surface area (Å²) in [6.07, 6.45) is 3.79. The Morgan fingerprint density at radius 1 is 1.03 bits per heavy atom. The molecule has 164 valence electrons. The van der Waals surface area contributed by atoms with Crippen molar-refractivity contribution in [3.63, 3.8) is 0 Å². The fourth-order valence-electron chi connectivity index (χ4n) is 5.41. The molecule has 2 aliphatic rings. The summed E-state index contributed by atoms with van der Waals surface area (Å²) >= 11 is 0. The minimum Gasteiger partial charge on any atom is -0.384 e. The molecule has 0 spiro atoms. The third-order valence-corrected chi connectivity index (χ3v) is 7.08. The molecule has 6 heteroatoms. The van der Waals surface area contributed by atoms with E-state index in [1.807, 2.05) is 42.9 Å². The standard InChI is InChI=1S/C27H25N5O/c1-15-10-24(28)31-16(2)23(15)13-29-27(33)18-5-7-20-22(12-18)26-21-11-17(4-6-19(21)25(20)26)14-32-9-3-8-30-32/h3-12,25-26H,13-14H2,1-2H3,(H2,28,31)(H,29,33)/t25-,26?/m0/s1. The number of benzene rings is 2. The highest BCUT2D eigenvalue weighted by Crippen LogP contribution is 2.63. The number of anilines is 1. The van der Waals surface area contributed by atoms with Crippen LogP contribution in [0.3, 0.4) is 0 Å². The van der Waals surface area contributed by atoms with E-state index in [0.717, 1.165) is 23.4 Å². The van der Waals surface area contributed by atoms with Crippen LogP contribution < -0.4 is 11.1 Å². The summed E-state index contributed by atoms with van der Waals surface area (Å²) in [5, 5.41) is 7.37. The molecule has 6 nitrogen and oxygen atoms in total. The van der Waals surface area contributed by atoms with E-state index < -0.39 is 0 Å². The van der Waals surface area contributed by atoms with Crippen LogP contribution in [0, 0.1) is 13.8 Å². The van der Waals surface area contributed by atoms with Crippen molar-refractivity contribution in [2.45, 2.75) is 38.8 Å². The van der Waals surface area contributed by atoms with Crippen molar-refractivity contribution in [2.75, 3.05) is 5.73 Å². The molecule has 1 amide bonds. The van der Waals surface area contributed by atoms with E-state index in [9.17, 15) is 4.79 Å². The van der Waals surface area contributed by atoms with Crippen molar-refractivity contribution >= 4 is 11.7 Å². The first-order valence-corrected chi connectivity index (χ1v) is 11.2. The van der Waals surface area contributed by atoms with E-state index in [1.165, 1.54) is 27.8 Å². The Hall–Kier alpha value is -3.93. The van der Waals surface area contributed by atoms with Crippen molar-refractivity contribution in [1.82, 2.24) is 20.1 Å². The van der Waals surface area contributed by atoms with Gasteiger partial charge in [0, 0.05) is 42.0 Å². The number of rotatable bonds is 5. The average molecular weight is 436 g/mol. The van der Waals surface area contributed by atoms with Crippen LogP contribution in [-0.2, 0) is 13.1 Å². The number of amides is 1. The highest BCUT2D eigenvalue weighted by atomic mass is 16.1. The lowest BCUT2D eigenvalue weighted by Crippen LogP contribution is -2.36. The van der Waals surface area contributed by atoms with Gasteiger partial charge in [0.05, 0.1) is 6.54 Å². The van der Waals surface area contributed by atoms with Gasteiger partial charge in [-0.2, -0.15) is 5.10 Å². The molecule has 2 aromatic carbocycles. The zero-order valence-electron chi connectivity index (χ0n) is 18.7. The number of carbonyl (C=O) groups excluding carboxylic acids is 1. The highest BCUT2D eigenvalue weighted by molar-refractivity contribution is 5.95. The topological polar surface area (TPSA) is 85.8 Å². The minimum absolute atomic E-state index is 0.0659. The molecule has 33 heavy (non-hydrogen) atoms. The van der Waals surface area contributed by atoms with Gasteiger partial charge in [-0.05, 0) is 77.1 Å². The number of nitrogen functional groups attached to an aromatic ring is 1. The second kappa shape index (κ2) is 7.30. The molecule has 2 heterocycles. The monoisotopic (exact) mass is 435 g/mol. The third-order valence-electron chi connectivity index (χ3n) is 7.08. The molecule has 0 saturated carbocycles. The molecule has 6 rings (SSSR count). The SMILES string of the molecule is Cc1cc(N)nc(C)c1CNC(=O)c1ccc2c(c1)C1c3cc(Cn4cccn4)ccc3[C@@H]21. The van der Waals surface area contributed by atoms with Gasteiger partial charge in [-0.15, -0.1) is 0 Å².